The number of para-hydroxylation sites is 2. The van der Waals surface area contributed by atoms with Gasteiger partial charge < -0.3 is 10.4 Å². The molecule has 4 aromatic rings. The molecular weight excluding hydrogens is 514 g/mol. The van der Waals surface area contributed by atoms with Crippen molar-refractivity contribution in [2.75, 3.05) is 10.2 Å². The largest absolute Gasteiger partial charge is 0.506 e. The summed E-state index contributed by atoms with van der Waals surface area (Å²) in [5.74, 6) is -1.62. The first kappa shape index (κ1) is 22.5. The van der Waals surface area contributed by atoms with Crippen LogP contribution in [0.4, 0.5) is 22.7 Å². The summed E-state index contributed by atoms with van der Waals surface area (Å²) in [6.07, 6.45) is 0. The number of nitrogens with zero attached hydrogens (tertiary/aromatic N) is 2. The molecule has 1 aliphatic rings. The number of carbonyl (C=O) groups excluding carboxylic acids is 2. The lowest BCUT2D eigenvalue weighted by Gasteiger charge is -2.28. The second-order valence-corrected chi connectivity index (χ2v) is 9.06. The monoisotopic (exact) mass is 531 g/mol. The lowest BCUT2D eigenvalue weighted by atomic mass is 9.91. The van der Waals surface area contributed by atoms with Crippen molar-refractivity contribution >= 4 is 61.3 Å². The summed E-state index contributed by atoms with van der Waals surface area (Å²) in [6, 6.07) is 15.6. The van der Waals surface area contributed by atoms with Gasteiger partial charge in [-0.1, -0.05) is 40.2 Å². The van der Waals surface area contributed by atoms with E-state index >= 15 is 0 Å². The number of phenolic OH excluding ortho intramolecular Hbond substituents is 1. The average molecular weight is 532 g/mol. The standard InChI is InChI=1S/C26H18BrN3O5/c1-13-14(2)19(11-10-18(13)27)28-24-15-6-5-7-16-23(15)17(12-21(24)30(34)35)26(33)29(25(16)32)20-8-3-4-9-22(20)31/h3-12,28,31H,1-2H3. The van der Waals surface area contributed by atoms with Crippen molar-refractivity contribution in [2.45, 2.75) is 13.8 Å². The van der Waals surface area contributed by atoms with Gasteiger partial charge in [0.25, 0.3) is 17.5 Å². The molecule has 4 aromatic carbocycles. The second-order valence-electron chi connectivity index (χ2n) is 8.21. The molecule has 0 aromatic heterocycles. The molecule has 1 heterocycles. The smallest absolute Gasteiger partial charge is 0.294 e. The number of anilines is 3. The fraction of sp³-hybridized carbons (Fsp3) is 0.0769. The van der Waals surface area contributed by atoms with Crippen LogP contribution < -0.4 is 10.2 Å². The van der Waals surface area contributed by atoms with E-state index in [-0.39, 0.29) is 33.9 Å². The first-order valence-corrected chi connectivity index (χ1v) is 11.4. The number of halogens is 1. The molecule has 1 aliphatic heterocycles. The van der Waals surface area contributed by atoms with Gasteiger partial charge in [0.05, 0.1) is 16.2 Å². The Morgan fingerprint density at radius 1 is 0.943 bits per heavy atom. The van der Waals surface area contributed by atoms with Gasteiger partial charge in [-0.2, -0.15) is 0 Å². The third kappa shape index (κ3) is 3.43. The van der Waals surface area contributed by atoms with E-state index in [1.165, 1.54) is 18.2 Å². The fourth-order valence-corrected chi connectivity index (χ4v) is 4.78. The third-order valence-electron chi connectivity index (χ3n) is 6.31. The molecule has 0 fully saturated rings. The number of imide groups is 1. The van der Waals surface area contributed by atoms with Crippen LogP contribution in [0.3, 0.4) is 0 Å². The van der Waals surface area contributed by atoms with E-state index in [4.69, 9.17) is 0 Å². The van der Waals surface area contributed by atoms with Crippen LogP contribution >= 0.6 is 15.9 Å². The maximum atomic E-state index is 13.5. The molecule has 35 heavy (non-hydrogen) atoms. The Morgan fingerprint density at radius 2 is 1.66 bits per heavy atom. The number of aromatic hydroxyl groups is 1. The predicted octanol–water partition coefficient (Wildman–Crippen LogP) is 6.38. The molecule has 174 valence electrons. The van der Waals surface area contributed by atoms with E-state index in [1.807, 2.05) is 26.0 Å². The highest BCUT2D eigenvalue weighted by molar-refractivity contribution is 9.10. The number of nitrogens with one attached hydrogen (secondary N) is 1. The molecule has 0 saturated heterocycles. The third-order valence-corrected chi connectivity index (χ3v) is 7.17. The number of benzene rings is 4. The van der Waals surface area contributed by atoms with E-state index in [0.29, 0.717) is 16.5 Å². The van der Waals surface area contributed by atoms with Gasteiger partial charge in [-0.15, -0.1) is 0 Å². The van der Waals surface area contributed by atoms with Crippen LogP contribution in [0.15, 0.2) is 65.1 Å². The number of phenols is 1. The van der Waals surface area contributed by atoms with Gasteiger partial charge in [-0.3, -0.25) is 19.7 Å². The van der Waals surface area contributed by atoms with Crippen LogP contribution in [0.25, 0.3) is 10.8 Å². The molecule has 0 radical (unpaired) electrons. The maximum absolute atomic E-state index is 13.5. The Labute approximate surface area is 208 Å². The highest BCUT2D eigenvalue weighted by Gasteiger charge is 2.38. The number of carbonyl (C=O) groups is 2. The van der Waals surface area contributed by atoms with E-state index < -0.39 is 16.7 Å². The molecule has 8 nitrogen and oxygen atoms in total. The number of rotatable bonds is 4. The summed E-state index contributed by atoms with van der Waals surface area (Å²) in [6.45, 7) is 3.83. The minimum absolute atomic E-state index is 0.0102. The van der Waals surface area contributed by atoms with Crippen molar-refractivity contribution in [2.24, 2.45) is 0 Å². The fourth-order valence-electron chi connectivity index (χ4n) is 4.35. The zero-order chi connectivity index (χ0) is 25.0. The van der Waals surface area contributed by atoms with Gasteiger partial charge >= 0.3 is 0 Å². The Balaban J connectivity index is 1.77. The van der Waals surface area contributed by atoms with Crippen LogP contribution in [0, 0.1) is 24.0 Å². The van der Waals surface area contributed by atoms with Crippen LogP contribution in [0.2, 0.25) is 0 Å². The minimum atomic E-state index is -0.745. The molecule has 5 rings (SSSR count). The molecule has 0 spiro atoms. The van der Waals surface area contributed by atoms with E-state index in [9.17, 15) is 24.8 Å². The number of hydrogen-bond acceptors (Lipinski definition) is 6. The van der Waals surface area contributed by atoms with Crippen molar-refractivity contribution in [3.8, 4) is 5.75 Å². The zero-order valence-electron chi connectivity index (χ0n) is 18.6. The van der Waals surface area contributed by atoms with Crippen molar-refractivity contribution in [1.82, 2.24) is 0 Å². The lowest BCUT2D eigenvalue weighted by Crippen LogP contribution is -2.40. The minimum Gasteiger partial charge on any atom is -0.506 e. The Hall–Kier alpha value is -4.24. The van der Waals surface area contributed by atoms with Crippen LogP contribution in [-0.4, -0.2) is 21.8 Å². The van der Waals surface area contributed by atoms with Gasteiger partial charge in [0.2, 0.25) is 0 Å². The van der Waals surface area contributed by atoms with E-state index in [1.54, 1.807) is 30.3 Å². The predicted molar refractivity (Wildman–Crippen MR) is 137 cm³/mol. The van der Waals surface area contributed by atoms with Crippen LogP contribution in [-0.2, 0) is 0 Å². The lowest BCUT2D eigenvalue weighted by molar-refractivity contribution is -0.383. The van der Waals surface area contributed by atoms with Crippen LogP contribution in [0.1, 0.15) is 31.8 Å². The van der Waals surface area contributed by atoms with E-state index in [2.05, 4.69) is 21.2 Å². The van der Waals surface area contributed by atoms with Gasteiger partial charge in [0.1, 0.15) is 11.4 Å². The van der Waals surface area contributed by atoms with Gasteiger partial charge in [-0.25, -0.2) is 4.90 Å². The topological polar surface area (TPSA) is 113 Å². The zero-order valence-corrected chi connectivity index (χ0v) is 20.2. The van der Waals surface area contributed by atoms with E-state index in [0.717, 1.165) is 20.5 Å². The molecule has 2 amide bonds. The van der Waals surface area contributed by atoms with Crippen molar-refractivity contribution in [3.05, 3.63) is 97.5 Å². The molecule has 0 aliphatic carbocycles. The molecular formula is C26H18BrN3O5. The number of nitro benzene ring substituents is 1. The summed E-state index contributed by atoms with van der Waals surface area (Å²) in [7, 11) is 0. The van der Waals surface area contributed by atoms with Gasteiger partial charge in [0, 0.05) is 32.6 Å². The van der Waals surface area contributed by atoms with Crippen LogP contribution in [0.5, 0.6) is 5.75 Å². The highest BCUT2D eigenvalue weighted by Crippen LogP contribution is 2.44. The SMILES string of the molecule is Cc1c(Br)ccc(Nc2c([N+](=O)[O-])cc3c4c(cccc24)C(=O)N(c2ccccc2O)C3=O)c1C. The quantitative estimate of drug-likeness (QED) is 0.179. The maximum Gasteiger partial charge on any atom is 0.294 e. The first-order valence-electron chi connectivity index (χ1n) is 10.6. The number of amides is 2. The summed E-state index contributed by atoms with van der Waals surface area (Å²) < 4.78 is 0.910. The van der Waals surface area contributed by atoms with Crippen molar-refractivity contribution in [3.63, 3.8) is 0 Å². The Kier molecular flexibility index (Phi) is 5.29. The summed E-state index contributed by atoms with van der Waals surface area (Å²) in [5.41, 5.74) is 2.66. The van der Waals surface area contributed by atoms with Crippen molar-refractivity contribution < 1.29 is 19.6 Å². The summed E-state index contributed by atoms with van der Waals surface area (Å²) in [4.78, 5) is 39.4. The number of hydrogen-bond donors (Lipinski definition) is 2. The Morgan fingerprint density at radius 3 is 2.37 bits per heavy atom. The number of nitro groups is 1. The normalized spacial score (nSPS) is 12.8. The van der Waals surface area contributed by atoms with Crippen molar-refractivity contribution in [1.29, 1.82) is 0 Å². The first-order chi connectivity index (χ1) is 16.7. The molecule has 0 saturated carbocycles. The molecule has 0 bridgehead atoms. The van der Waals surface area contributed by atoms with Gasteiger partial charge in [-0.05, 0) is 55.3 Å². The second kappa shape index (κ2) is 8.21. The summed E-state index contributed by atoms with van der Waals surface area (Å²) in [5, 5.41) is 26.3. The molecule has 9 heteroatoms. The molecule has 0 atom stereocenters. The summed E-state index contributed by atoms with van der Waals surface area (Å²) >= 11 is 3.49. The highest BCUT2D eigenvalue weighted by atomic mass is 79.9. The average Bonchev–Trinajstić information content (AvgIpc) is 2.84. The Bertz CT molecular complexity index is 1600. The van der Waals surface area contributed by atoms with Gasteiger partial charge in [0.15, 0.2) is 0 Å². The molecule has 0 unspecified atom stereocenters. The molecule has 2 N–H and O–H groups in total.